The van der Waals surface area contributed by atoms with Crippen molar-refractivity contribution in [1.29, 1.82) is 0 Å². The molecule has 5 heteroatoms. The topological polar surface area (TPSA) is 30.5 Å². The SMILES string of the molecule is COc1cc([C@@H]2Nc3c(ccc4ccccc34)[C@@H]3C=CC[C@@H]32)cc(Br)c1OCc1ccc(Cl)cc1. The molecule has 3 nitrogen and oxygen atoms in total. The number of ether oxygens (including phenoxy) is 2. The van der Waals surface area contributed by atoms with E-state index in [1.165, 1.54) is 27.6 Å². The van der Waals surface area contributed by atoms with Gasteiger partial charge in [0.1, 0.15) is 6.61 Å². The minimum atomic E-state index is 0.156. The Morgan fingerprint density at radius 2 is 1.86 bits per heavy atom. The predicted octanol–water partition coefficient (Wildman–Crippen LogP) is 8.67. The van der Waals surface area contributed by atoms with E-state index < -0.39 is 0 Å². The summed E-state index contributed by atoms with van der Waals surface area (Å²) in [5, 5.41) is 7.15. The highest BCUT2D eigenvalue weighted by Gasteiger charge is 2.39. The van der Waals surface area contributed by atoms with Crippen LogP contribution in [0.4, 0.5) is 5.69 Å². The van der Waals surface area contributed by atoms with Crippen LogP contribution in [0.15, 0.2) is 89.4 Å². The molecule has 1 aliphatic carbocycles. The zero-order valence-corrected chi connectivity index (χ0v) is 21.6. The van der Waals surface area contributed by atoms with Gasteiger partial charge in [0.15, 0.2) is 11.5 Å². The number of halogens is 2. The fraction of sp³-hybridized carbons (Fsp3) is 0.200. The Labute approximate surface area is 218 Å². The standard InChI is InChI=1S/C30H25BrClNO2/c1-34-27-16-20(15-26(31)30(27)35-17-18-9-12-21(32)13-10-18)28-24-8-4-7-23(24)25-14-11-19-5-2-3-6-22(19)29(25)33-28/h2-7,9-16,23-24,28,33H,8,17H2,1H3/t23-,24+,28+/m1/s1. The van der Waals surface area contributed by atoms with Crippen LogP contribution in [0.5, 0.6) is 11.5 Å². The van der Waals surface area contributed by atoms with Gasteiger partial charge >= 0.3 is 0 Å². The highest BCUT2D eigenvalue weighted by molar-refractivity contribution is 9.10. The molecule has 35 heavy (non-hydrogen) atoms. The maximum absolute atomic E-state index is 6.18. The molecule has 176 valence electrons. The molecule has 0 aromatic heterocycles. The minimum absolute atomic E-state index is 0.156. The molecule has 0 radical (unpaired) electrons. The summed E-state index contributed by atoms with van der Waals surface area (Å²) in [6, 6.07) is 25.3. The number of hydrogen-bond acceptors (Lipinski definition) is 3. The van der Waals surface area contributed by atoms with E-state index in [1.54, 1.807) is 7.11 Å². The molecule has 6 rings (SSSR count). The number of fused-ring (bicyclic) bond motifs is 5. The van der Waals surface area contributed by atoms with E-state index in [0.29, 0.717) is 29.2 Å². The van der Waals surface area contributed by atoms with Gasteiger partial charge in [0.2, 0.25) is 0 Å². The fourth-order valence-corrected chi connectivity index (χ4v) is 6.17. The Morgan fingerprint density at radius 3 is 2.69 bits per heavy atom. The third kappa shape index (κ3) is 4.09. The first kappa shape index (κ1) is 22.5. The van der Waals surface area contributed by atoms with Crippen molar-refractivity contribution in [2.75, 3.05) is 12.4 Å². The second-order valence-corrected chi connectivity index (χ2v) is 10.5. The van der Waals surface area contributed by atoms with Gasteiger partial charge in [-0.05, 0) is 74.6 Å². The first-order valence-corrected chi connectivity index (χ1v) is 13.0. The van der Waals surface area contributed by atoms with Crippen LogP contribution in [0.1, 0.15) is 35.1 Å². The number of anilines is 1. The van der Waals surface area contributed by atoms with Crippen LogP contribution in [0.3, 0.4) is 0 Å². The first-order chi connectivity index (χ1) is 17.1. The van der Waals surface area contributed by atoms with Gasteiger partial charge in [-0.3, -0.25) is 0 Å². The van der Waals surface area contributed by atoms with Gasteiger partial charge in [-0.15, -0.1) is 0 Å². The van der Waals surface area contributed by atoms with Crippen molar-refractivity contribution in [3.8, 4) is 11.5 Å². The molecule has 4 aromatic carbocycles. The van der Waals surface area contributed by atoms with Crippen LogP contribution < -0.4 is 14.8 Å². The van der Waals surface area contributed by atoms with Gasteiger partial charge < -0.3 is 14.8 Å². The Kier molecular flexibility index (Phi) is 5.95. The molecule has 3 atom stereocenters. The lowest BCUT2D eigenvalue weighted by atomic mass is 9.76. The van der Waals surface area contributed by atoms with E-state index in [2.05, 4.69) is 81.9 Å². The quantitative estimate of drug-likeness (QED) is 0.254. The van der Waals surface area contributed by atoms with Crippen molar-refractivity contribution in [1.82, 2.24) is 0 Å². The molecule has 1 N–H and O–H groups in total. The van der Waals surface area contributed by atoms with Gasteiger partial charge in [-0.25, -0.2) is 0 Å². The van der Waals surface area contributed by atoms with E-state index in [0.717, 1.165) is 22.2 Å². The third-order valence-electron chi connectivity index (χ3n) is 7.17. The van der Waals surface area contributed by atoms with E-state index in [4.69, 9.17) is 21.1 Å². The summed E-state index contributed by atoms with van der Waals surface area (Å²) in [5.41, 5.74) is 4.85. The van der Waals surface area contributed by atoms with Crippen LogP contribution in [0.2, 0.25) is 5.02 Å². The Bertz CT molecular complexity index is 1430. The predicted molar refractivity (Wildman–Crippen MR) is 147 cm³/mol. The Balaban J connectivity index is 1.36. The van der Waals surface area contributed by atoms with E-state index in [9.17, 15) is 0 Å². The van der Waals surface area contributed by atoms with Gasteiger partial charge in [-0.2, -0.15) is 0 Å². The van der Waals surface area contributed by atoms with Crippen molar-refractivity contribution >= 4 is 44.0 Å². The molecule has 0 bridgehead atoms. The van der Waals surface area contributed by atoms with Crippen LogP contribution in [0, 0.1) is 5.92 Å². The van der Waals surface area contributed by atoms with Crippen molar-refractivity contribution in [2.45, 2.75) is 25.0 Å². The molecule has 1 aliphatic heterocycles. The summed E-state index contributed by atoms with van der Waals surface area (Å²) < 4.78 is 12.9. The van der Waals surface area contributed by atoms with E-state index in [1.807, 2.05) is 24.3 Å². The highest BCUT2D eigenvalue weighted by Crippen LogP contribution is 2.52. The molecule has 0 amide bonds. The monoisotopic (exact) mass is 545 g/mol. The lowest BCUT2D eigenvalue weighted by Gasteiger charge is -2.38. The number of nitrogens with one attached hydrogen (secondary N) is 1. The lowest BCUT2D eigenvalue weighted by Crippen LogP contribution is -2.29. The number of allylic oxidation sites excluding steroid dienone is 2. The number of rotatable bonds is 5. The van der Waals surface area contributed by atoms with Crippen LogP contribution in [-0.4, -0.2) is 7.11 Å². The summed E-state index contributed by atoms with van der Waals surface area (Å²) in [4.78, 5) is 0. The average molecular weight is 547 g/mol. The smallest absolute Gasteiger partial charge is 0.175 e. The first-order valence-electron chi connectivity index (χ1n) is 11.8. The van der Waals surface area contributed by atoms with Crippen molar-refractivity contribution in [3.05, 3.63) is 111 Å². The zero-order valence-electron chi connectivity index (χ0n) is 19.3. The van der Waals surface area contributed by atoms with Crippen molar-refractivity contribution in [2.24, 2.45) is 5.92 Å². The van der Waals surface area contributed by atoms with Gasteiger partial charge in [0.25, 0.3) is 0 Å². The van der Waals surface area contributed by atoms with E-state index in [-0.39, 0.29) is 6.04 Å². The molecule has 0 saturated carbocycles. The van der Waals surface area contributed by atoms with E-state index >= 15 is 0 Å². The lowest BCUT2D eigenvalue weighted by molar-refractivity contribution is 0.282. The second kappa shape index (κ2) is 9.25. The van der Waals surface area contributed by atoms with Gasteiger partial charge in [0, 0.05) is 22.0 Å². The second-order valence-electron chi connectivity index (χ2n) is 9.18. The molecular weight excluding hydrogens is 522 g/mol. The summed E-state index contributed by atoms with van der Waals surface area (Å²) >= 11 is 9.78. The maximum atomic E-state index is 6.18. The summed E-state index contributed by atoms with van der Waals surface area (Å²) in [6.07, 6.45) is 5.75. The number of hydrogen-bond donors (Lipinski definition) is 1. The van der Waals surface area contributed by atoms with Gasteiger partial charge in [-0.1, -0.05) is 72.3 Å². The number of methoxy groups -OCH3 is 1. The maximum Gasteiger partial charge on any atom is 0.175 e. The largest absolute Gasteiger partial charge is 0.493 e. The highest BCUT2D eigenvalue weighted by atomic mass is 79.9. The van der Waals surface area contributed by atoms with Crippen LogP contribution in [-0.2, 0) is 6.61 Å². The minimum Gasteiger partial charge on any atom is -0.493 e. The van der Waals surface area contributed by atoms with Gasteiger partial charge in [0.05, 0.1) is 17.6 Å². The third-order valence-corrected chi connectivity index (χ3v) is 8.01. The van der Waals surface area contributed by atoms with Crippen LogP contribution >= 0.6 is 27.5 Å². The Hall–Kier alpha value is -2.95. The summed E-state index contributed by atoms with van der Waals surface area (Å²) in [7, 11) is 1.69. The molecule has 0 unspecified atom stereocenters. The molecule has 0 spiro atoms. The molecule has 0 fully saturated rings. The molecule has 2 aliphatic rings. The summed E-state index contributed by atoms with van der Waals surface area (Å²) in [6.45, 7) is 0.432. The molecular formula is C30H25BrClNO2. The average Bonchev–Trinajstić information content (AvgIpc) is 3.38. The number of benzene rings is 4. The Morgan fingerprint density at radius 1 is 1.03 bits per heavy atom. The normalized spacial score (nSPS) is 20.3. The molecule has 1 heterocycles. The summed E-state index contributed by atoms with van der Waals surface area (Å²) in [5.74, 6) is 2.26. The fourth-order valence-electron chi connectivity index (χ4n) is 5.47. The van der Waals surface area contributed by atoms with Crippen LogP contribution in [0.25, 0.3) is 10.8 Å². The van der Waals surface area contributed by atoms with Crippen molar-refractivity contribution < 1.29 is 9.47 Å². The molecule has 0 saturated heterocycles. The zero-order chi connectivity index (χ0) is 23.9. The van der Waals surface area contributed by atoms with Crippen molar-refractivity contribution in [3.63, 3.8) is 0 Å². The molecule has 4 aromatic rings.